The molecule has 3 rings (SSSR count). The van der Waals surface area contributed by atoms with Crippen molar-refractivity contribution in [2.24, 2.45) is 5.16 Å². The van der Waals surface area contributed by atoms with Crippen LogP contribution in [0.15, 0.2) is 34.3 Å². The molecular weight excluding hydrogens is 312 g/mol. The van der Waals surface area contributed by atoms with Crippen LogP contribution in [-0.4, -0.2) is 35.7 Å². The summed E-state index contributed by atoms with van der Waals surface area (Å²) >= 11 is 5.83. The maximum absolute atomic E-state index is 12.9. The Balaban J connectivity index is 1.97. The molecule has 1 aromatic carbocycles. The molecule has 2 aliphatic heterocycles. The van der Waals surface area contributed by atoms with Crippen LogP contribution >= 0.6 is 11.6 Å². The molecule has 0 aliphatic carbocycles. The summed E-state index contributed by atoms with van der Waals surface area (Å²) in [5, 5.41) is 12.8. The molecule has 2 bridgehead atoms. The van der Waals surface area contributed by atoms with Crippen LogP contribution in [0.4, 0.5) is 0 Å². The summed E-state index contributed by atoms with van der Waals surface area (Å²) < 4.78 is 27.4. The Bertz CT molecular complexity index is 641. The molecule has 2 atom stereocenters. The number of piperidine rings is 2. The average molecular weight is 329 g/mol. The van der Waals surface area contributed by atoms with Crippen LogP contribution in [0.25, 0.3) is 0 Å². The van der Waals surface area contributed by atoms with E-state index < -0.39 is 10.0 Å². The van der Waals surface area contributed by atoms with Crippen LogP contribution in [0.5, 0.6) is 0 Å². The third kappa shape index (κ3) is 2.67. The molecule has 0 saturated carbocycles. The first-order valence-electron chi connectivity index (χ1n) is 7.01. The Morgan fingerprint density at radius 2 is 1.71 bits per heavy atom. The molecule has 0 radical (unpaired) electrons. The summed E-state index contributed by atoms with van der Waals surface area (Å²) in [6.45, 7) is 0. The third-order valence-corrected chi connectivity index (χ3v) is 6.54. The summed E-state index contributed by atoms with van der Waals surface area (Å²) in [5.41, 5.74) is 0.701. The van der Waals surface area contributed by atoms with E-state index in [9.17, 15) is 8.42 Å². The topological polar surface area (TPSA) is 70.0 Å². The van der Waals surface area contributed by atoms with Crippen molar-refractivity contribution in [1.29, 1.82) is 0 Å². The highest BCUT2D eigenvalue weighted by Gasteiger charge is 2.44. The molecule has 0 aromatic heterocycles. The fraction of sp³-hybridized carbons (Fsp3) is 0.500. The summed E-state index contributed by atoms with van der Waals surface area (Å²) in [4.78, 5) is 0.271. The van der Waals surface area contributed by atoms with Gasteiger partial charge in [0.15, 0.2) is 0 Å². The zero-order valence-corrected chi connectivity index (χ0v) is 13.0. The summed E-state index contributed by atoms with van der Waals surface area (Å²) in [6, 6.07) is 6.06. The van der Waals surface area contributed by atoms with Crippen LogP contribution in [0.2, 0.25) is 5.02 Å². The molecule has 1 aromatic rings. The van der Waals surface area contributed by atoms with E-state index in [1.165, 1.54) is 0 Å². The second-order valence-corrected chi connectivity index (χ2v) is 7.88. The summed E-state index contributed by atoms with van der Waals surface area (Å²) in [5.74, 6) is 0. The molecule has 1 N–H and O–H groups in total. The van der Waals surface area contributed by atoms with Gasteiger partial charge in [0.1, 0.15) is 0 Å². The van der Waals surface area contributed by atoms with Gasteiger partial charge in [-0.1, -0.05) is 23.2 Å². The minimum atomic E-state index is -3.53. The Kier molecular flexibility index (Phi) is 3.94. The van der Waals surface area contributed by atoms with Crippen molar-refractivity contribution in [3.05, 3.63) is 29.3 Å². The minimum absolute atomic E-state index is 0.107. The average Bonchev–Trinajstić information content (AvgIpc) is 2.46. The normalized spacial score (nSPS) is 26.6. The molecule has 2 aliphatic rings. The number of oxime groups is 1. The zero-order chi connectivity index (χ0) is 15.0. The van der Waals surface area contributed by atoms with E-state index in [2.05, 4.69) is 5.16 Å². The van der Waals surface area contributed by atoms with E-state index in [0.29, 0.717) is 23.6 Å². The first-order chi connectivity index (χ1) is 10.0. The Morgan fingerprint density at radius 1 is 1.14 bits per heavy atom. The lowest BCUT2D eigenvalue weighted by molar-refractivity contribution is 0.166. The minimum Gasteiger partial charge on any atom is -0.411 e. The predicted molar refractivity (Wildman–Crippen MR) is 80.4 cm³/mol. The van der Waals surface area contributed by atoms with Crippen LogP contribution in [0, 0.1) is 0 Å². The van der Waals surface area contributed by atoms with Gasteiger partial charge in [-0.2, -0.15) is 4.31 Å². The fourth-order valence-corrected chi connectivity index (χ4v) is 5.35. The molecule has 114 valence electrons. The highest BCUT2D eigenvalue weighted by Crippen LogP contribution is 2.37. The van der Waals surface area contributed by atoms with Gasteiger partial charge in [0.25, 0.3) is 0 Å². The van der Waals surface area contributed by atoms with Gasteiger partial charge in [0.2, 0.25) is 10.0 Å². The largest absolute Gasteiger partial charge is 0.411 e. The second-order valence-electron chi connectivity index (χ2n) is 5.60. The van der Waals surface area contributed by atoms with Crippen molar-refractivity contribution < 1.29 is 13.6 Å². The van der Waals surface area contributed by atoms with Crippen LogP contribution in [-0.2, 0) is 10.0 Å². The molecule has 0 unspecified atom stereocenters. The van der Waals surface area contributed by atoms with E-state index >= 15 is 0 Å². The zero-order valence-electron chi connectivity index (χ0n) is 11.4. The maximum Gasteiger partial charge on any atom is 0.243 e. The van der Waals surface area contributed by atoms with Crippen molar-refractivity contribution in [2.45, 2.75) is 49.1 Å². The monoisotopic (exact) mass is 328 g/mol. The molecule has 21 heavy (non-hydrogen) atoms. The van der Waals surface area contributed by atoms with Crippen molar-refractivity contribution in [2.75, 3.05) is 0 Å². The number of hydrogen-bond acceptors (Lipinski definition) is 4. The van der Waals surface area contributed by atoms with Crippen LogP contribution < -0.4 is 0 Å². The lowest BCUT2D eigenvalue weighted by Gasteiger charge is -2.44. The molecular formula is C14H17ClN2O3S. The van der Waals surface area contributed by atoms with Gasteiger partial charge in [-0.05, 0) is 37.1 Å². The fourth-order valence-electron chi connectivity index (χ4n) is 3.36. The maximum atomic E-state index is 12.9. The second kappa shape index (κ2) is 5.59. The molecule has 0 amide bonds. The quantitative estimate of drug-likeness (QED) is 0.670. The predicted octanol–water partition coefficient (Wildman–Crippen LogP) is 2.88. The molecule has 2 fully saturated rings. The van der Waals surface area contributed by atoms with Crippen LogP contribution in [0.1, 0.15) is 32.1 Å². The number of halogens is 1. The number of fused-ring (bicyclic) bond motifs is 2. The first-order valence-corrected chi connectivity index (χ1v) is 8.83. The van der Waals surface area contributed by atoms with Crippen molar-refractivity contribution >= 4 is 27.3 Å². The highest BCUT2D eigenvalue weighted by atomic mass is 35.5. The number of nitrogens with zero attached hydrogens (tertiary/aromatic N) is 2. The van der Waals surface area contributed by atoms with Crippen LogP contribution in [0.3, 0.4) is 0 Å². The standard InChI is InChI=1S/C14H17ClN2O3S/c15-10-4-6-14(7-5-10)21(19,20)17-12-2-1-3-13(17)9-11(8-12)16-18/h4-7,12-13,18H,1-3,8-9H2/t12-,13-/m0/s1. The number of sulfonamides is 1. The van der Waals surface area contributed by atoms with E-state index in [1.807, 2.05) is 0 Å². The number of benzene rings is 1. The van der Waals surface area contributed by atoms with Gasteiger partial charge in [0.05, 0.1) is 10.6 Å². The Hall–Kier alpha value is -1.11. The van der Waals surface area contributed by atoms with Gasteiger partial charge >= 0.3 is 0 Å². The molecule has 7 heteroatoms. The van der Waals surface area contributed by atoms with Crippen molar-refractivity contribution in [3.63, 3.8) is 0 Å². The third-order valence-electron chi connectivity index (χ3n) is 4.27. The number of rotatable bonds is 2. The number of hydrogen-bond donors (Lipinski definition) is 1. The molecule has 2 heterocycles. The van der Waals surface area contributed by atoms with Crippen molar-refractivity contribution in [1.82, 2.24) is 4.31 Å². The van der Waals surface area contributed by atoms with E-state index in [4.69, 9.17) is 16.8 Å². The summed E-state index contributed by atoms with van der Waals surface area (Å²) in [7, 11) is -3.53. The Morgan fingerprint density at radius 3 is 2.24 bits per heavy atom. The smallest absolute Gasteiger partial charge is 0.243 e. The van der Waals surface area contributed by atoms with Gasteiger partial charge in [-0.25, -0.2) is 8.42 Å². The first kappa shape index (κ1) is 14.8. The highest BCUT2D eigenvalue weighted by molar-refractivity contribution is 7.89. The lowest BCUT2D eigenvalue weighted by atomic mass is 9.86. The van der Waals surface area contributed by atoms with Gasteiger partial charge in [-0.15, -0.1) is 0 Å². The molecule has 0 spiro atoms. The molecule has 5 nitrogen and oxygen atoms in total. The lowest BCUT2D eigenvalue weighted by Crippen LogP contribution is -2.54. The van der Waals surface area contributed by atoms with E-state index in [0.717, 1.165) is 19.3 Å². The van der Waals surface area contributed by atoms with E-state index in [-0.39, 0.29) is 17.0 Å². The van der Waals surface area contributed by atoms with Gasteiger partial charge < -0.3 is 5.21 Å². The van der Waals surface area contributed by atoms with E-state index in [1.54, 1.807) is 28.6 Å². The Labute approximate surface area is 129 Å². The molecule has 2 saturated heterocycles. The van der Waals surface area contributed by atoms with Gasteiger partial charge in [0, 0.05) is 29.9 Å². The SMILES string of the molecule is O=S(=O)(c1ccc(Cl)cc1)N1[C@H]2CCC[C@H]1CC(=NO)C2. The van der Waals surface area contributed by atoms with Crippen molar-refractivity contribution in [3.8, 4) is 0 Å². The summed E-state index contributed by atoms with van der Waals surface area (Å²) in [6.07, 6.45) is 3.66. The van der Waals surface area contributed by atoms with Gasteiger partial charge in [-0.3, -0.25) is 0 Å².